The molecule has 0 bridgehead atoms. The number of hydrogen-bond acceptors (Lipinski definition) is 2. The summed E-state index contributed by atoms with van der Waals surface area (Å²) in [6.07, 6.45) is 0.812. The van der Waals surface area contributed by atoms with Crippen LogP contribution in [0.15, 0.2) is 12.3 Å². The van der Waals surface area contributed by atoms with E-state index in [1.165, 1.54) is 0 Å². The minimum atomic E-state index is -0.185. The molecule has 0 N–H and O–H groups in total. The normalized spacial score (nSPS) is 12.3. The van der Waals surface area contributed by atoms with Gasteiger partial charge in [0.25, 0.3) is 0 Å². The van der Waals surface area contributed by atoms with Crippen LogP contribution in [-0.4, -0.2) is 5.97 Å². The SMILES string of the molecule is C=C(C)OC(=O)C(C)CC. The summed E-state index contributed by atoms with van der Waals surface area (Å²) in [5, 5.41) is 0. The summed E-state index contributed by atoms with van der Waals surface area (Å²) in [5.74, 6) is 0.261. The van der Waals surface area contributed by atoms with Crippen LogP contribution in [0, 0.1) is 5.92 Å². The van der Waals surface area contributed by atoms with Crippen molar-refractivity contribution in [2.45, 2.75) is 27.2 Å². The van der Waals surface area contributed by atoms with Crippen molar-refractivity contribution in [1.29, 1.82) is 0 Å². The summed E-state index contributed by atoms with van der Waals surface area (Å²) in [6, 6.07) is 0. The van der Waals surface area contributed by atoms with Crippen LogP contribution in [0.2, 0.25) is 0 Å². The van der Waals surface area contributed by atoms with Gasteiger partial charge in [0.15, 0.2) is 0 Å². The molecule has 10 heavy (non-hydrogen) atoms. The van der Waals surface area contributed by atoms with Crippen molar-refractivity contribution in [2.24, 2.45) is 5.92 Å². The lowest BCUT2D eigenvalue weighted by Gasteiger charge is -2.07. The number of esters is 1. The molecule has 0 aliphatic heterocycles. The van der Waals surface area contributed by atoms with Crippen LogP contribution in [-0.2, 0) is 9.53 Å². The maximum absolute atomic E-state index is 10.9. The van der Waals surface area contributed by atoms with E-state index in [0.717, 1.165) is 6.42 Å². The van der Waals surface area contributed by atoms with E-state index in [1.54, 1.807) is 6.92 Å². The minimum Gasteiger partial charge on any atom is -0.432 e. The Morgan fingerprint density at radius 2 is 2.20 bits per heavy atom. The topological polar surface area (TPSA) is 26.3 Å². The zero-order valence-corrected chi connectivity index (χ0v) is 6.81. The van der Waals surface area contributed by atoms with E-state index in [0.29, 0.717) is 5.76 Å². The Bertz CT molecular complexity index is 138. The fourth-order valence-corrected chi connectivity index (χ4v) is 0.439. The number of ether oxygens (including phenoxy) is 1. The lowest BCUT2D eigenvalue weighted by atomic mass is 10.1. The molecule has 0 saturated heterocycles. The van der Waals surface area contributed by atoms with Gasteiger partial charge in [-0.3, -0.25) is 4.79 Å². The molecule has 1 atom stereocenters. The van der Waals surface area contributed by atoms with Crippen molar-refractivity contribution in [3.05, 3.63) is 12.3 Å². The molecule has 0 aromatic carbocycles. The summed E-state index contributed by atoms with van der Waals surface area (Å²) in [7, 11) is 0. The molecule has 1 unspecified atom stereocenters. The van der Waals surface area contributed by atoms with E-state index in [9.17, 15) is 4.79 Å². The first kappa shape index (κ1) is 9.21. The highest BCUT2D eigenvalue weighted by atomic mass is 16.5. The Morgan fingerprint density at radius 3 is 2.50 bits per heavy atom. The molecule has 58 valence electrons. The van der Waals surface area contributed by atoms with Crippen LogP contribution in [0.4, 0.5) is 0 Å². The first-order chi connectivity index (χ1) is 4.57. The summed E-state index contributed by atoms with van der Waals surface area (Å²) in [4.78, 5) is 10.9. The largest absolute Gasteiger partial charge is 0.432 e. The third kappa shape index (κ3) is 3.28. The Morgan fingerprint density at radius 1 is 1.70 bits per heavy atom. The van der Waals surface area contributed by atoms with Crippen molar-refractivity contribution < 1.29 is 9.53 Å². The molecular formula is C8H14O2. The molecule has 2 nitrogen and oxygen atoms in total. The molecule has 0 aromatic heterocycles. The average molecular weight is 142 g/mol. The van der Waals surface area contributed by atoms with Gasteiger partial charge in [0, 0.05) is 0 Å². The third-order valence-electron chi connectivity index (χ3n) is 1.29. The van der Waals surface area contributed by atoms with Crippen LogP contribution in [0.25, 0.3) is 0 Å². The van der Waals surface area contributed by atoms with Crippen molar-refractivity contribution in [3.63, 3.8) is 0 Å². The Balaban J connectivity index is 3.73. The van der Waals surface area contributed by atoms with E-state index in [4.69, 9.17) is 4.74 Å². The Labute approximate surface area is 61.9 Å². The molecule has 0 radical (unpaired) electrons. The molecule has 0 saturated carbocycles. The number of allylic oxidation sites excluding steroid dienone is 1. The predicted molar refractivity (Wildman–Crippen MR) is 40.4 cm³/mol. The van der Waals surface area contributed by atoms with Crippen LogP contribution < -0.4 is 0 Å². The van der Waals surface area contributed by atoms with Crippen molar-refractivity contribution in [3.8, 4) is 0 Å². The van der Waals surface area contributed by atoms with Gasteiger partial charge in [-0.25, -0.2) is 0 Å². The van der Waals surface area contributed by atoms with Gasteiger partial charge in [0.2, 0.25) is 0 Å². The van der Waals surface area contributed by atoms with Crippen LogP contribution >= 0.6 is 0 Å². The Hall–Kier alpha value is -0.790. The summed E-state index contributed by atoms with van der Waals surface area (Å²) < 4.78 is 4.77. The van der Waals surface area contributed by atoms with Gasteiger partial charge in [-0.2, -0.15) is 0 Å². The van der Waals surface area contributed by atoms with E-state index in [-0.39, 0.29) is 11.9 Å². The maximum atomic E-state index is 10.9. The molecular weight excluding hydrogens is 128 g/mol. The first-order valence-electron chi connectivity index (χ1n) is 3.45. The molecule has 0 rings (SSSR count). The molecule has 0 aliphatic carbocycles. The quantitative estimate of drug-likeness (QED) is 0.445. The monoisotopic (exact) mass is 142 g/mol. The number of rotatable bonds is 3. The zero-order chi connectivity index (χ0) is 8.15. The van der Waals surface area contributed by atoms with Crippen LogP contribution in [0.3, 0.4) is 0 Å². The fraction of sp³-hybridized carbons (Fsp3) is 0.625. The van der Waals surface area contributed by atoms with Gasteiger partial charge < -0.3 is 4.74 Å². The van der Waals surface area contributed by atoms with Gasteiger partial charge in [-0.15, -0.1) is 0 Å². The summed E-state index contributed by atoms with van der Waals surface area (Å²) in [6.45, 7) is 8.92. The highest BCUT2D eigenvalue weighted by Crippen LogP contribution is 2.05. The molecule has 0 aliphatic rings. The number of carbonyl (C=O) groups excluding carboxylic acids is 1. The van der Waals surface area contributed by atoms with Gasteiger partial charge in [-0.1, -0.05) is 20.4 Å². The highest BCUT2D eigenvalue weighted by Gasteiger charge is 2.11. The maximum Gasteiger partial charge on any atom is 0.313 e. The molecule has 0 spiro atoms. The fourth-order valence-electron chi connectivity index (χ4n) is 0.439. The van der Waals surface area contributed by atoms with Gasteiger partial charge in [0.1, 0.15) is 0 Å². The lowest BCUT2D eigenvalue weighted by molar-refractivity contribution is -0.143. The predicted octanol–water partition coefficient (Wildman–Crippen LogP) is 2.11. The van der Waals surface area contributed by atoms with E-state index in [2.05, 4.69) is 6.58 Å². The lowest BCUT2D eigenvalue weighted by Crippen LogP contribution is -2.12. The van der Waals surface area contributed by atoms with Crippen LogP contribution in [0.5, 0.6) is 0 Å². The summed E-state index contributed by atoms with van der Waals surface area (Å²) >= 11 is 0. The van der Waals surface area contributed by atoms with E-state index >= 15 is 0 Å². The van der Waals surface area contributed by atoms with E-state index < -0.39 is 0 Å². The first-order valence-corrected chi connectivity index (χ1v) is 3.45. The number of carbonyl (C=O) groups is 1. The Kier molecular flexibility index (Phi) is 3.77. The van der Waals surface area contributed by atoms with Gasteiger partial charge >= 0.3 is 5.97 Å². The highest BCUT2D eigenvalue weighted by molar-refractivity contribution is 5.72. The second-order valence-electron chi connectivity index (χ2n) is 2.43. The minimum absolute atomic E-state index is 0.0169. The smallest absolute Gasteiger partial charge is 0.313 e. The van der Waals surface area contributed by atoms with Crippen LogP contribution in [0.1, 0.15) is 27.2 Å². The second kappa shape index (κ2) is 4.09. The average Bonchev–Trinajstić information content (AvgIpc) is 1.85. The molecule has 0 aromatic rings. The van der Waals surface area contributed by atoms with Crippen molar-refractivity contribution in [1.82, 2.24) is 0 Å². The molecule has 0 fully saturated rings. The molecule has 2 heteroatoms. The standard InChI is InChI=1S/C8H14O2/c1-5-7(4)8(9)10-6(2)3/h7H,2,5H2,1,3-4H3. The van der Waals surface area contributed by atoms with E-state index in [1.807, 2.05) is 13.8 Å². The van der Waals surface area contributed by atoms with Crippen molar-refractivity contribution in [2.75, 3.05) is 0 Å². The summed E-state index contributed by atoms with van der Waals surface area (Å²) in [5.41, 5.74) is 0. The third-order valence-corrected chi connectivity index (χ3v) is 1.29. The van der Waals surface area contributed by atoms with Gasteiger partial charge in [0.05, 0.1) is 11.7 Å². The van der Waals surface area contributed by atoms with Crippen molar-refractivity contribution >= 4 is 5.97 Å². The zero-order valence-electron chi connectivity index (χ0n) is 6.81. The molecule has 0 amide bonds. The second-order valence-corrected chi connectivity index (χ2v) is 2.43. The van der Waals surface area contributed by atoms with Gasteiger partial charge in [-0.05, 0) is 13.3 Å². The number of hydrogen-bond donors (Lipinski definition) is 0. The molecule has 0 heterocycles.